The summed E-state index contributed by atoms with van der Waals surface area (Å²) in [4.78, 5) is 11.0. The predicted octanol–water partition coefficient (Wildman–Crippen LogP) is 1.94. The quantitative estimate of drug-likeness (QED) is 0.685. The summed E-state index contributed by atoms with van der Waals surface area (Å²) in [6.07, 6.45) is 9.23. The summed E-state index contributed by atoms with van der Waals surface area (Å²) in [5, 5.41) is 6.88. The fraction of sp³-hybridized carbons (Fsp3) is 0.765. The highest BCUT2D eigenvalue weighted by Gasteiger charge is 2.16. The summed E-state index contributed by atoms with van der Waals surface area (Å²) in [5.41, 5.74) is 6.90. The van der Waals surface area contributed by atoms with Crippen LogP contribution in [0.1, 0.15) is 38.5 Å². The Bertz CT molecular complexity index is 498. The van der Waals surface area contributed by atoms with E-state index >= 15 is 0 Å². The number of ether oxygens (including phenoxy) is 1. The van der Waals surface area contributed by atoms with Crippen molar-refractivity contribution in [3.8, 4) is 0 Å². The molecule has 2 heterocycles. The molecule has 0 atom stereocenters. The standard InChI is InChI=1S/C17H30N6O/c18-15-16(19-7-8-23-9-11-24-12-10-23)20-13-21-17(15)22-14-5-3-1-2-4-6-14/h13-14H,1-12,18H2,(H2,19,20,21,22). The molecule has 1 saturated carbocycles. The maximum atomic E-state index is 6.28. The summed E-state index contributed by atoms with van der Waals surface area (Å²) < 4.78 is 5.37. The van der Waals surface area contributed by atoms with E-state index in [1.807, 2.05) is 0 Å². The van der Waals surface area contributed by atoms with Crippen LogP contribution < -0.4 is 16.4 Å². The lowest BCUT2D eigenvalue weighted by atomic mass is 10.1. The molecule has 7 nitrogen and oxygen atoms in total. The minimum Gasteiger partial charge on any atom is -0.393 e. The van der Waals surface area contributed by atoms with Gasteiger partial charge in [-0.25, -0.2) is 9.97 Å². The SMILES string of the molecule is Nc1c(NCCN2CCOCC2)ncnc1NC1CCCCCC1. The molecule has 0 aromatic carbocycles. The van der Waals surface area contributed by atoms with Crippen LogP contribution in [0.4, 0.5) is 17.3 Å². The van der Waals surface area contributed by atoms with Gasteiger partial charge in [-0.15, -0.1) is 0 Å². The van der Waals surface area contributed by atoms with E-state index in [1.54, 1.807) is 6.33 Å². The van der Waals surface area contributed by atoms with Gasteiger partial charge in [-0.2, -0.15) is 0 Å². The average Bonchev–Trinajstić information content (AvgIpc) is 2.88. The molecule has 134 valence electrons. The molecule has 0 amide bonds. The molecule has 1 aromatic rings. The molecule has 3 rings (SSSR count). The Hall–Kier alpha value is -1.60. The zero-order valence-corrected chi connectivity index (χ0v) is 14.5. The first-order valence-electron chi connectivity index (χ1n) is 9.24. The Morgan fingerprint density at radius 1 is 1.08 bits per heavy atom. The van der Waals surface area contributed by atoms with Crippen molar-refractivity contribution in [2.45, 2.75) is 44.6 Å². The minimum atomic E-state index is 0.478. The lowest BCUT2D eigenvalue weighted by Crippen LogP contribution is -2.39. The van der Waals surface area contributed by atoms with E-state index < -0.39 is 0 Å². The molecule has 1 aliphatic carbocycles. The van der Waals surface area contributed by atoms with Gasteiger partial charge in [0, 0.05) is 32.2 Å². The maximum absolute atomic E-state index is 6.28. The van der Waals surface area contributed by atoms with Crippen molar-refractivity contribution in [2.75, 3.05) is 55.8 Å². The highest BCUT2D eigenvalue weighted by molar-refractivity contribution is 5.74. The van der Waals surface area contributed by atoms with Gasteiger partial charge in [0.05, 0.1) is 13.2 Å². The van der Waals surface area contributed by atoms with Gasteiger partial charge in [0.1, 0.15) is 12.0 Å². The summed E-state index contributed by atoms with van der Waals surface area (Å²) in [6.45, 7) is 5.43. The van der Waals surface area contributed by atoms with Crippen molar-refractivity contribution < 1.29 is 4.74 Å². The topological polar surface area (TPSA) is 88.3 Å². The summed E-state index contributed by atoms with van der Waals surface area (Å²) in [5.74, 6) is 1.50. The summed E-state index contributed by atoms with van der Waals surface area (Å²) in [6, 6.07) is 0.478. The van der Waals surface area contributed by atoms with Crippen molar-refractivity contribution in [3.63, 3.8) is 0 Å². The van der Waals surface area contributed by atoms with Crippen molar-refractivity contribution in [1.82, 2.24) is 14.9 Å². The second kappa shape index (κ2) is 9.03. The van der Waals surface area contributed by atoms with Crippen LogP contribution in [0.5, 0.6) is 0 Å². The zero-order valence-electron chi connectivity index (χ0n) is 14.5. The molecular weight excluding hydrogens is 304 g/mol. The van der Waals surface area contributed by atoms with Crippen molar-refractivity contribution in [3.05, 3.63) is 6.33 Å². The monoisotopic (exact) mass is 334 g/mol. The number of rotatable bonds is 6. The van der Waals surface area contributed by atoms with Crippen molar-refractivity contribution in [1.29, 1.82) is 0 Å². The minimum absolute atomic E-state index is 0.478. The fourth-order valence-corrected chi connectivity index (χ4v) is 3.43. The number of hydrogen-bond donors (Lipinski definition) is 3. The van der Waals surface area contributed by atoms with Crippen LogP contribution in [-0.2, 0) is 4.74 Å². The highest BCUT2D eigenvalue weighted by atomic mass is 16.5. The number of morpholine rings is 1. The first-order valence-corrected chi connectivity index (χ1v) is 9.24. The molecule has 4 N–H and O–H groups in total. The highest BCUT2D eigenvalue weighted by Crippen LogP contribution is 2.26. The first kappa shape index (κ1) is 17.2. The predicted molar refractivity (Wildman–Crippen MR) is 97.3 cm³/mol. The summed E-state index contributed by atoms with van der Waals surface area (Å²) >= 11 is 0. The Kier molecular flexibility index (Phi) is 6.48. The Labute approximate surface area is 144 Å². The molecule has 0 radical (unpaired) electrons. The third-order valence-corrected chi connectivity index (χ3v) is 4.90. The number of nitrogen functional groups attached to an aromatic ring is 1. The van der Waals surface area contributed by atoms with Gasteiger partial charge in [0.2, 0.25) is 0 Å². The van der Waals surface area contributed by atoms with Crippen LogP contribution in [-0.4, -0.2) is 60.3 Å². The Balaban J connectivity index is 1.52. The number of nitrogens with zero attached hydrogens (tertiary/aromatic N) is 3. The van der Waals surface area contributed by atoms with Crippen molar-refractivity contribution in [2.24, 2.45) is 0 Å². The van der Waals surface area contributed by atoms with E-state index in [1.165, 1.54) is 38.5 Å². The molecule has 2 fully saturated rings. The van der Waals surface area contributed by atoms with E-state index in [-0.39, 0.29) is 0 Å². The molecule has 1 saturated heterocycles. The molecular formula is C17H30N6O. The number of hydrogen-bond acceptors (Lipinski definition) is 7. The zero-order chi connectivity index (χ0) is 16.6. The van der Waals surface area contributed by atoms with E-state index in [4.69, 9.17) is 10.5 Å². The molecule has 7 heteroatoms. The molecule has 2 aliphatic rings. The van der Waals surface area contributed by atoms with E-state index in [0.29, 0.717) is 11.7 Å². The number of anilines is 3. The normalized spacial score (nSPS) is 20.5. The van der Waals surface area contributed by atoms with Gasteiger partial charge in [0.25, 0.3) is 0 Å². The molecule has 24 heavy (non-hydrogen) atoms. The molecule has 0 bridgehead atoms. The summed E-state index contributed by atoms with van der Waals surface area (Å²) in [7, 11) is 0. The van der Waals surface area contributed by atoms with Crippen LogP contribution in [0.25, 0.3) is 0 Å². The number of nitrogens with one attached hydrogen (secondary N) is 2. The van der Waals surface area contributed by atoms with Gasteiger partial charge in [-0.05, 0) is 12.8 Å². The number of aromatic nitrogens is 2. The molecule has 1 aromatic heterocycles. The smallest absolute Gasteiger partial charge is 0.155 e. The Morgan fingerprint density at radius 3 is 2.54 bits per heavy atom. The van der Waals surface area contributed by atoms with Crippen LogP contribution in [0.3, 0.4) is 0 Å². The lowest BCUT2D eigenvalue weighted by molar-refractivity contribution is 0.0398. The average molecular weight is 334 g/mol. The first-order chi connectivity index (χ1) is 11.8. The maximum Gasteiger partial charge on any atom is 0.155 e. The largest absolute Gasteiger partial charge is 0.393 e. The van der Waals surface area contributed by atoms with Gasteiger partial charge >= 0.3 is 0 Å². The lowest BCUT2D eigenvalue weighted by Gasteiger charge is -2.26. The van der Waals surface area contributed by atoms with Crippen LogP contribution in [0.2, 0.25) is 0 Å². The van der Waals surface area contributed by atoms with Gasteiger partial charge < -0.3 is 21.1 Å². The Morgan fingerprint density at radius 2 is 1.79 bits per heavy atom. The van der Waals surface area contributed by atoms with Gasteiger partial charge in [0.15, 0.2) is 11.6 Å². The van der Waals surface area contributed by atoms with Crippen LogP contribution in [0.15, 0.2) is 6.33 Å². The molecule has 0 unspecified atom stereocenters. The van der Waals surface area contributed by atoms with Crippen LogP contribution >= 0.6 is 0 Å². The molecule has 1 aliphatic heterocycles. The number of nitrogens with two attached hydrogens (primary N) is 1. The second-order valence-corrected chi connectivity index (χ2v) is 6.70. The van der Waals surface area contributed by atoms with Gasteiger partial charge in [-0.3, -0.25) is 4.90 Å². The molecule has 0 spiro atoms. The van der Waals surface area contributed by atoms with Crippen molar-refractivity contribution >= 4 is 17.3 Å². The second-order valence-electron chi connectivity index (χ2n) is 6.70. The third-order valence-electron chi connectivity index (χ3n) is 4.90. The fourth-order valence-electron chi connectivity index (χ4n) is 3.43. The van der Waals surface area contributed by atoms with Crippen LogP contribution in [0, 0.1) is 0 Å². The van der Waals surface area contributed by atoms with E-state index in [2.05, 4.69) is 25.5 Å². The van der Waals surface area contributed by atoms with E-state index in [9.17, 15) is 0 Å². The van der Waals surface area contributed by atoms with Gasteiger partial charge in [-0.1, -0.05) is 25.7 Å². The van der Waals surface area contributed by atoms with E-state index in [0.717, 1.165) is 51.0 Å². The third kappa shape index (κ3) is 4.95.